The molecular formula is C21H17Cl2N3O3S. The average molecular weight is 462 g/mol. The summed E-state index contributed by atoms with van der Waals surface area (Å²) in [5, 5.41) is 4.38. The summed E-state index contributed by atoms with van der Waals surface area (Å²) in [6.45, 7) is 0.207. The highest BCUT2D eigenvalue weighted by Crippen LogP contribution is 2.51. The van der Waals surface area contributed by atoms with E-state index in [4.69, 9.17) is 38.4 Å². The summed E-state index contributed by atoms with van der Waals surface area (Å²) in [5.41, 5.74) is 7.54. The molecule has 30 heavy (non-hydrogen) atoms. The maximum absolute atomic E-state index is 13.0. The summed E-state index contributed by atoms with van der Waals surface area (Å²) in [7, 11) is 0. The van der Waals surface area contributed by atoms with Gasteiger partial charge in [0.1, 0.15) is 0 Å². The number of fused-ring (bicyclic) bond motifs is 1. The number of anilines is 1. The Labute approximate surface area is 186 Å². The third-order valence-electron chi connectivity index (χ3n) is 5.46. The van der Waals surface area contributed by atoms with Crippen LogP contribution in [0.5, 0.6) is 11.5 Å². The molecular weight excluding hydrogens is 445 g/mol. The van der Waals surface area contributed by atoms with Gasteiger partial charge in [0.2, 0.25) is 12.7 Å². The molecule has 6 nitrogen and oxygen atoms in total. The number of amides is 1. The molecule has 1 aromatic heterocycles. The van der Waals surface area contributed by atoms with Crippen LogP contribution in [0.25, 0.3) is 0 Å². The van der Waals surface area contributed by atoms with Crippen molar-refractivity contribution in [2.75, 3.05) is 12.1 Å². The predicted octanol–water partition coefficient (Wildman–Crippen LogP) is 4.90. The van der Waals surface area contributed by atoms with Crippen molar-refractivity contribution in [1.29, 1.82) is 0 Å². The van der Waals surface area contributed by atoms with Crippen LogP contribution in [0.1, 0.15) is 34.9 Å². The fourth-order valence-electron chi connectivity index (χ4n) is 3.54. The van der Waals surface area contributed by atoms with E-state index in [1.807, 2.05) is 24.3 Å². The molecule has 154 valence electrons. The smallest absolute Gasteiger partial charge is 0.236 e. The van der Waals surface area contributed by atoms with Crippen LogP contribution < -0.4 is 20.5 Å². The zero-order chi connectivity index (χ0) is 20.9. The molecule has 1 amide bonds. The minimum atomic E-state index is -0.557. The van der Waals surface area contributed by atoms with Crippen LogP contribution in [0.2, 0.25) is 10.0 Å². The van der Waals surface area contributed by atoms with E-state index >= 15 is 0 Å². The number of hydrogen-bond donors (Lipinski definition) is 2. The second-order valence-corrected chi connectivity index (χ2v) is 9.20. The molecule has 2 aliphatic rings. The van der Waals surface area contributed by atoms with Crippen molar-refractivity contribution in [3.05, 3.63) is 68.6 Å². The minimum Gasteiger partial charge on any atom is -0.454 e. The van der Waals surface area contributed by atoms with Gasteiger partial charge in [-0.25, -0.2) is 4.98 Å². The molecule has 0 saturated heterocycles. The van der Waals surface area contributed by atoms with Gasteiger partial charge in [-0.2, -0.15) is 0 Å². The first kappa shape index (κ1) is 19.6. The Kier molecular flexibility index (Phi) is 4.86. The topological polar surface area (TPSA) is 86.5 Å². The lowest BCUT2D eigenvalue weighted by atomic mass is 9.94. The van der Waals surface area contributed by atoms with Crippen molar-refractivity contribution < 1.29 is 14.3 Å². The lowest BCUT2D eigenvalue weighted by molar-refractivity contribution is -0.118. The number of carbonyl (C=O) groups is 1. The molecule has 0 spiro atoms. The van der Waals surface area contributed by atoms with Crippen molar-refractivity contribution in [3.8, 4) is 11.5 Å². The number of carbonyl (C=O) groups excluding carboxylic acids is 1. The molecule has 3 aromatic rings. The van der Waals surface area contributed by atoms with Gasteiger partial charge >= 0.3 is 0 Å². The van der Waals surface area contributed by atoms with Crippen LogP contribution in [-0.4, -0.2) is 17.7 Å². The van der Waals surface area contributed by atoms with Crippen LogP contribution in [0.15, 0.2) is 42.6 Å². The zero-order valence-corrected chi connectivity index (χ0v) is 18.0. The molecule has 2 aromatic carbocycles. The first-order valence-electron chi connectivity index (χ1n) is 9.34. The molecule has 1 atom stereocenters. The van der Waals surface area contributed by atoms with Gasteiger partial charge < -0.3 is 20.5 Å². The van der Waals surface area contributed by atoms with E-state index < -0.39 is 11.5 Å². The first-order chi connectivity index (χ1) is 14.5. The van der Waals surface area contributed by atoms with Crippen LogP contribution in [-0.2, 0) is 10.2 Å². The number of nitrogens with one attached hydrogen (secondary N) is 1. The van der Waals surface area contributed by atoms with Crippen molar-refractivity contribution in [3.63, 3.8) is 0 Å². The molecule has 2 heterocycles. The second-order valence-electron chi connectivity index (χ2n) is 7.32. The largest absolute Gasteiger partial charge is 0.454 e. The van der Waals surface area contributed by atoms with Crippen LogP contribution in [0.4, 0.5) is 5.13 Å². The van der Waals surface area contributed by atoms with E-state index in [2.05, 4.69) is 10.3 Å². The minimum absolute atomic E-state index is 0.0784. The summed E-state index contributed by atoms with van der Waals surface area (Å²) >= 11 is 13.4. The Bertz CT molecular complexity index is 1150. The van der Waals surface area contributed by atoms with Crippen molar-refractivity contribution in [2.24, 2.45) is 5.73 Å². The van der Waals surface area contributed by atoms with Crippen molar-refractivity contribution in [2.45, 2.75) is 24.3 Å². The quantitative estimate of drug-likeness (QED) is 0.564. The molecule has 1 aliphatic carbocycles. The fourth-order valence-corrected chi connectivity index (χ4v) is 4.69. The SMILES string of the molecule is N[C@H](c1ccc(Cl)c(Cl)c1)c1cnc(NC(=O)C2(c3ccc4c(c3)OCO4)CC2)s1. The number of rotatable bonds is 5. The normalized spacial score (nSPS) is 16.9. The van der Waals surface area contributed by atoms with E-state index in [-0.39, 0.29) is 12.7 Å². The van der Waals surface area contributed by atoms with Gasteiger partial charge in [-0.05, 0) is 48.2 Å². The Morgan fingerprint density at radius 2 is 1.93 bits per heavy atom. The van der Waals surface area contributed by atoms with E-state index in [1.54, 1.807) is 18.3 Å². The number of hydrogen-bond acceptors (Lipinski definition) is 6. The van der Waals surface area contributed by atoms with Gasteiger partial charge in [0, 0.05) is 11.1 Å². The van der Waals surface area contributed by atoms with Gasteiger partial charge in [-0.15, -0.1) is 0 Å². The molecule has 0 unspecified atom stereocenters. The second kappa shape index (κ2) is 7.42. The first-order valence-corrected chi connectivity index (χ1v) is 10.9. The molecule has 5 rings (SSSR count). The third-order valence-corrected chi connectivity index (χ3v) is 7.20. The Hall–Kier alpha value is -2.32. The average Bonchev–Trinajstić information content (AvgIpc) is 3.20. The highest BCUT2D eigenvalue weighted by Gasteiger charge is 2.52. The van der Waals surface area contributed by atoms with Gasteiger partial charge in [-0.1, -0.05) is 46.7 Å². The van der Waals surface area contributed by atoms with E-state index in [9.17, 15) is 4.79 Å². The fraction of sp³-hybridized carbons (Fsp3) is 0.238. The molecule has 3 N–H and O–H groups in total. The molecule has 1 aliphatic heterocycles. The number of nitrogens with zero attached hydrogens (tertiary/aromatic N) is 1. The summed E-state index contributed by atoms with van der Waals surface area (Å²) in [5.74, 6) is 1.30. The monoisotopic (exact) mass is 461 g/mol. The number of thiazole rings is 1. The summed E-state index contributed by atoms with van der Waals surface area (Å²) < 4.78 is 10.8. The van der Waals surface area contributed by atoms with Gasteiger partial charge in [0.25, 0.3) is 0 Å². The van der Waals surface area contributed by atoms with Gasteiger partial charge in [-0.3, -0.25) is 4.79 Å². The number of benzene rings is 2. The van der Waals surface area contributed by atoms with Crippen molar-refractivity contribution in [1.82, 2.24) is 4.98 Å². The molecule has 1 fully saturated rings. The Balaban J connectivity index is 1.32. The number of aromatic nitrogens is 1. The van der Waals surface area contributed by atoms with Crippen LogP contribution >= 0.6 is 34.5 Å². The maximum Gasteiger partial charge on any atom is 0.236 e. The number of ether oxygens (including phenoxy) is 2. The lowest BCUT2D eigenvalue weighted by Crippen LogP contribution is -2.27. The highest BCUT2D eigenvalue weighted by molar-refractivity contribution is 7.15. The predicted molar refractivity (Wildman–Crippen MR) is 117 cm³/mol. The Morgan fingerprint density at radius 3 is 2.70 bits per heavy atom. The Morgan fingerprint density at radius 1 is 1.13 bits per heavy atom. The van der Waals surface area contributed by atoms with Crippen LogP contribution in [0, 0.1) is 0 Å². The maximum atomic E-state index is 13.0. The number of halogens is 2. The molecule has 9 heteroatoms. The van der Waals surface area contributed by atoms with Gasteiger partial charge in [0.05, 0.1) is 21.5 Å². The van der Waals surface area contributed by atoms with Crippen molar-refractivity contribution >= 4 is 45.6 Å². The van der Waals surface area contributed by atoms with E-state index in [0.717, 1.165) is 28.8 Å². The molecule has 1 saturated carbocycles. The molecule has 0 radical (unpaired) electrons. The summed E-state index contributed by atoms with van der Waals surface area (Å²) in [6, 6.07) is 10.5. The summed E-state index contributed by atoms with van der Waals surface area (Å²) in [4.78, 5) is 18.2. The standard InChI is InChI=1S/C21H17Cl2N3O3S/c22-13-3-1-11(7-14(13)23)18(24)17-9-25-20(30-17)26-19(27)21(5-6-21)12-2-4-15-16(8-12)29-10-28-15/h1-4,7-9,18H,5-6,10,24H2,(H,25,26,27)/t18-/m1/s1. The lowest BCUT2D eigenvalue weighted by Gasteiger charge is -2.15. The summed E-state index contributed by atoms with van der Waals surface area (Å²) in [6.07, 6.45) is 3.23. The van der Waals surface area contributed by atoms with E-state index in [1.165, 1.54) is 11.3 Å². The third kappa shape index (κ3) is 3.41. The van der Waals surface area contributed by atoms with Gasteiger partial charge in [0.15, 0.2) is 16.6 Å². The zero-order valence-electron chi connectivity index (χ0n) is 15.7. The molecule has 0 bridgehead atoms. The van der Waals surface area contributed by atoms with Crippen LogP contribution in [0.3, 0.4) is 0 Å². The van der Waals surface area contributed by atoms with E-state index in [0.29, 0.717) is 26.7 Å². The number of nitrogens with two attached hydrogens (primary N) is 1. The highest BCUT2D eigenvalue weighted by atomic mass is 35.5.